The molecular formula is C19H15F3O3S. The molecular weight excluding hydrogens is 365 g/mol. The quantitative estimate of drug-likeness (QED) is 0.754. The fraction of sp³-hybridized carbons (Fsp3) is 0.211. The molecule has 0 saturated carbocycles. The third-order valence-electron chi connectivity index (χ3n) is 4.06. The van der Waals surface area contributed by atoms with Gasteiger partial charge in [-0.25, -0.2) is 13.2 Å². The first kappa shape index (κ1) is 18.5. The van der Waals surface area contributed by atoms with Crippen LogP contribution in [0.2, 0.25) is 0 Å². The van der Waals surface area contributed by atoms with E-state index in [9.17, 15) is 22.5 Å². The smallest absolute Gasteiger partial charge is 0.210 e. The van der Waals surface area contributed by atoms with E-state index >= 15 is 0 Å². The molecule has 3 rings (SSSR count). The Balaban J connectivity index is 2.24. The van der Waals surface area contributed by atoms with Gasteiger partial charge in [-0.05, 0) is 61.4 Å². The monoisotopic (exact) mass is 380 g/mol. The maximum Gasteiger partial charge on any atom is 0.210 e. The van der Waals surface area contributed by atoms with Crippen LogP contribution in [0.25, 0.3) is 11.3 Å². The molecule has 0 aliphatic carbocycles. The van der Waals surface area contributed by atoms with E-state index in [4.69, 9.17) is 4.74 Å². The molecule has 0 radical (unpaired) electrons. The Bertz CT molecular complexity index is 936. The molecule has 1 aliphatic rings. The highest BCUT2D eigenvalue weighted by Gasteiger charge is 2.43. The standard InChI is InChI=1S/C19H15F3O3S/c1-19(2)18(23)16(12-9-11(20)5-6-13(12)21)17(25-19)10-4-7-15(26(3)24)14(22)8-10/h4-9H,1-3H3. The summed E-state index contributed by atoms with van der Waals surface area (Å²) >= 11 is -1.53. The summed E-state index contributed by atoms with van der Waals surface area (Å²) in [5, 5.41) is 0. The van der Waals surface area contributed by atoms with E-state index in [1.54, 1.807) is 0 Å². The molecule has 7 heteroatoms. The minimum absolute atomic E-state index is 0.00332. The topological polar surface area (TPSA) is 49.4 Å². The second-order valence-electron chi connectivity index (χ2n) is 6.37. The van der Waals surface area contributed by atoms with Crippen molar-refractivity contribution >= 4 is 28.3 Å². The van der Waals surface area contributed by atoms with Gasteiger partial charge in [0.15, 0.2) is 16.3 Å². The molecule has 1 heterocycles. The van der Waals surface area contributed by atoms with Crippen LogP contribution in [0, 0.1) is 17.5 Å². The molecule has 0 saturated heterocycles. The number of hydrogen-bond donors (Lipinski definition) is 0. The van der Waals surface area contributed by atoms with Crippen molar-refractivity contribution in [3.05, 3.63) is 65.0 Å². The van der Waals surface area contributed by atoms with Crippen molar-refractivity contribution < 1.29 is 27.3 Å². The number of rotatable bonds is 3. The zero-order valence-corrected chi connectivity index (χ0v) is 15.0. The van der Waals surface area contributed by atoms with Gasteiger partial charge in [-0.3, -0.25) is 4.79 Å². The Hall–Kier alpha value is -2.25. The molecule has 2 aromatic rings. The number of halogens is 3. The maximum absolute atomic E-state index is 14.3. The second-order valence-corrected chi connectivity index (χ2v) is 7.72. The molecule has 0 aromatic heterocycles. The summed E-state index contributed by atoms with van der Waals surface area (Å²) in [5.41, 5.74) is -1.54. The third kappa shape index (κ3) is 3.12. The first-order valence-electron chi connectivity index (χ1n) is 7.68. The van der Waals surface area contributed by atoms with E-state index in [0.29, 0.717) is 0 Å². The Kier molecular flexibility index (Phi) is 4.62. The molecule has 26 heavy (non-hydrogen) atoms. The Morgan fingerprint density at radius 3 is 2.35 bits per heavy atom. The first-order chi connectivity index (χ1) is 12.1. The minimum atomic E-state index is -1.53. The molecule has 1 atom stereocenters. The molecule has 0 amide bonds. The summed E-state index contributed by atoms with van der Waals surface area (Å²) in [6.45, 7) is 2.98. The van der Waals surface area contributed by atoms with Gasteiger partial charge in [-0.1, -0.05) is 0 Å². The van der Waals surface area contributed by atoms with E-state index in [2.05, 4.69) is 0 Å². The number of carbonyl (C=O) groups excluding carboxylic acids is 1. The molecule has 3 nitrogen and oxygen atoms in total. The van der Waals surface area contributed by atoms with Crippen molar-refractivity contribution in [2.24, 2.45) is 0 Å². The van der Waals surface area contributed by atoms with E-state index in [1.165, 1.54) is 32.2 Å². The van der Waals surface area contributed by atoms with Gasteiger partial charge < -0.3 is 9.29 Å². The molecule has 0 fully saturated rings. The van der Waals surface area contributed by atoms with Gasteiger partial charge in [0, 0.05) is 11.1 Å². The van der Waals surface area contributed by atoms with Crippen molar-refractivity contribution in [2.45, 2.75) is 24.3 Å². The Labute approximate surface area is 151 Å². The van der Waals surface area contributed by atoms with E-state index in [0.717, 1.165) is 24.3 Å². The summed E-state index contributed by atoms with van der Waals surface area (Å²) in [4.78, 5) is 12.7. The Morgan fingerprint density at radius 1 is 1.04 bits per heavy atom. The molecule has 2 aromatic carbocycles. The van der Waals surface area contributed by atoms with Crippen LogP contribution in [0.15, 0.2) is 41.3 Å². The fourth-order valence-electron chi connectivity index (χ4n) is 2.77. The van der Waals surface area contributed by atoms with Gasteiger partial charge in [-0.15, -0.1) is 0 Å². The third-order valence-corrected chi connectivity index (χ3v) is 5.01. The van der Waals surface area contributed by atoms with Crippen molar-refractivity contribution in [2.75, 3.05) is 6.26 Å². The number of ketones is 1. The van der Waals surface area contributed by atoms with Crippen molar-refractivity contribution in [3.63, 3.8) is 0 Å². The van der Waals surface area contributed by atoms with Crippen molar-refractivity contribution in [3.8, 4) is 0 Å². The average Bonchev–Trinajstić information content (AvgIpc) is 2.79. The predicted octanol–water partition coefficient (Wildman–Crippen LogP) is 4.09. The highest BCUT2D eigenvalue weighted by molar-refractivity contribution is 7.90. The molecule has 0 bridgehead atoms. The van der Waals surface area contributed by atoms with Gasteiger partial charge >= 0.3 is 0 Å². The minimum Gasteiger partial charge on any atom is -0.612 e. The van der Waals surface area contributed by atoms with Crippen LogP contribution in [0.3, 0.4) is 0 Å². The summed E-state index contributed by atoms with van der Waals surface area (Å²) in [6.07, 6.45) is 1.34. The number of carbonyl (C=O) groups is 1. The molecule has 1 unspecified atom stereocenters. The lowest BCUT2D eigenvalue weighted by molar-refractivity contribution is -0.125. The van der Waals surface area contributed by atoms with Crippen LogP contribution in [0.5, 0.6) is 0 Å². The second kappa shape index (κ2) is 6.48. The van der Waals surface area contributed by atoms with Gasteiger partial charge in [0.25, 0.3) is 0 Å². The fourth-order valence-corrected chi connectivity index (χ4v) is 3.36. The number of ether oxygens (including phenoxy) is 1. The lowest BCUT2D eigenvalue weighted by Crippen LogP contribution is -2.29. The highest BCUT2D eigenvalue weighted by Crippen LogP contribution is 2.42. The SMILES string of the molecule is C[S+]([O-])c1ccc(C2=C(c3cc(F)ccc3F)C(=O)C(C)(C)O2)cc1F. The number of hydrogen-bond acceptors (Lipinski definition) is 3. The van der Waals surface area contributed by atoms with E-state index in [-0.39, 0.29) is 27.4 Å². The predicted molar refractivity (Wildman–Crippen MR) is 92.1 cm³/mol. The van der Waals surface area contributed by atoms with Crippen LogP contribution in [-0.4, -0.2) is 22.2 Å². The van der Waals surface area contributed by atoms with Gasteiger partial charge in [0.1, 0.15) is 23.6 Å². The van der Waals surface area contributed by atoms with Gasteiger partial charge in [0.2, 0.25) is 5.78 Å². The summed E-state index contributed by atoms with van der Waals surface area (Å²) < 4.78 is 59.3. The summed E-state index contributed by atoms with van der Waals surface area (Å²) in [7, 11) is 0. The number of Topliss-reactive ketones (excluding diaryl/α,β-unsaturated/α-hetero) is 1. The largest absolute Gasteiger partial charge is 0.612 e. The zero-order chi connectivity index (χ0) is 19.2. The molecule has 0 N–H and O–H groups in total. The normalized spacial score (nSPS) is 17.4. The summed E-state index contributed by atoms with van der Waals surface area (Å²) in [6, 6.07) is 6.57. The average molecular weight is 380 g/mol. The van der Waals surface area contributed by atoms with Crippen LogP contribution in [0.4, 0.5) is 13.2 Å². The summed E-state index contributed by atoms with van der Waals surface area (Å²) in [5.74, 6) is -2.83. The van der Waals surface area contributed by atoms with Crippen molar-refractivity contribution in [1.29, 1.82) is 0 Å². The molecule has 1 aliphatic heterocycles. The van der Waals surface area contributed by atoms with E-state index in [1.807, 2.05) is 0 Å². The van der Waals surface area contributed by atoms with E-state index < -0.39 is 40.0 Å². The number of benzene rings is 2. The lowest BCUT2D eigenvalue weighted by atomic mass is 9.92. The first-order valence-corrected chi connectivity index (χ1v) is 9.24. The van der Waals surface area contributed by atoms with Crippen LogP contribution < -0.4 is 0 Å². The lowest BCUT2D eigenvalue weighted by Gasteiger charge is -2.18. The zero-order valence-electron chi connectivity index (χ0n) is 14.2. The molecule has 0 spiro atoms. The maximum atomic E-state index is 14.3. The Morgan fingerprint density at radius 2 is 1.73 bits per heavy atom. The van der Waals surface area contributed by atoms with Crippen LogP contribution >= 0.6 is 0 Å². The van der Waals surface area contributed by atoms with Gasteiger partial charge in [0.05, 0.1) is 5.57 Å². The van der Waals surface area contributed by atoms with Crippen LogP contribution in [0.1, 0.15) is 25.0 Å². The highest BCUT2D eigenvalue weighted by atomic mass is 32.2. The van der Waals surface area contributed by atoms with Crippen LogP contribution in [-0.2, 0) is 20.7 Å². The molecule has 136 valence electrons. The van der Waals surface area contributed by atoms with Gasteiger partial charge in [-0.2, -0.15) is 0 Å². The van der Waals surface area contributed by atoms with Crippen molar-refractivity contribution in [1.82, 2.24) is 0 Å².